The third kappa shape index (κ3) is 3.01. The van der Waals surface area contributed by atoms with E-state index in [1.807, 2.05) is 18.5 Å². The Morgan fingerprint density at radius 2 is 2.14 bits per heavy atom. The SMILES string of the molecule is CN(CCF)[C@@H]1CCC2=CC3=CCC4(C)C(c5c#cc6ccncc6c5)CC[C@H]4[C@@]34CC[C@]2(C1)O4. The Kier molecular flexibility index (Phi) is 4.80. The second-order valence-electron chi connectivity index (χ2n) is 12.1. The van der Waals surface area contributed by atoms with Crippen LogP contribution in [-0.4, -0.2) is 47.4 Å². The maximum atomic E-state index is 13.1. The molecule has 3 aliphatic carbocycles. The quantitative estimate of drug-likeness (QED) is 0.521. The number of allylic oxidation sites excluding steroid dienone is 1. The van der Waals surface area contributed by atoms with Gasteiger partial charge in [0.1, 0.15) is 6.67 Å². The van der Waals surface area contributed by atoms with Gasteiger partial charge in [0.15, 0.2) is 0 Å². The molecule has 35 heavy (non-hydrogen) atoms. The number of halogens is 1. The van der Waals surface area contributed by atoms with Gasteiger partial charge in [0, 0.05) is 41.3 Å². The summed E-state index contributed by atoms with van der Waals surface area (Å²) in [6.07, 6.45) is 17.7. The van der Waals surface area contributed by atoms with E-state index in [9.17, 15) is 4.39 Å². The van der Waals surface area contributed by atoms with E-state index in [2.05, 4.69) is 54.2 Å². The molecule has 2 spiro atoms. The maximum absolute atomic E-state index is 13.1. The summed E-state index contributed by atoms with van der Waals surface area (Å²) in [6.45, 7) is 2.75. The second-order valence-corrected chi connectivity index (χ2v) is 12.1. The summed E-state index contributed by atoms with van der Waals surface area (Å²) >= 11 is 0. The van der Waals surface area contributed by atoms with E-state index >= 15 is 0 Å². The van der Waals surface area contributed by atoms with Crippen LogP contribution in [0, 0.1) is 23.5 Å². The van der Waals surface area contributed by atoms with Gasteiger partial charge in [-0.05, 0) is 98.9 Å². The van der Waals surface area contributed by atoms with Gasteiger partial charge in [0.25, 0.3) is 0 Å². The van der Waals surface area contributed by atoms with Crippen LogP contribution in [0.4, 0.5) is 4.39 Å². The number of alkyl halides is 1. The van der Waals surface area contributed by atoms with E-state index in [1.54, 1.807) is 0 Å². The molecule has 5 aliphatic rings. The van der Waals surface area contributed by atoms with Crippen LogP contribution in [0.3, 0.4) is 0 Å². The maximum Gasteiger partial charge on any atom is 0.102 e. The van der Waals surface area contributed by atoms with Gasteiger partial charge in [-0.25, -0.2) is 4.39 Å². The van der Waals surface area contributed by atoms with Gasteiger partial charge in [-0.2, -0.15) is 0 Å². The first-order chi connectivity index (χ1) is 17.0. The summed E-state index contributed by atoms with van der Waals surface area (Å²) in [7, 11) is 2.08. The lowest BCUT2D eigenvalue weighted by molar-refractivity contribution is -0.140. The fourth-order valence-electron chi connectivity index (χ4n) is 8.75. The highest BCUT2D eigenvalue weighted by Crippen LogP contribution is 2.69. The van der Waals surface area contributed by atoms with Crippen LogP contribution in [0.25, 0.3) is 10.8 Å². The zero-order valence-electron chi connectivity index (χ0n) is 20.9. The molecule has 2 bridgehead atoms. The number of hydrogen-bond donors (Lipinski definition) is 0. The first kappa shape index (κ1) is 22.0. The molecule has 2 saturated carbocycles. The monoisotopic (exact) mass is 470 g/mol. The van der Waals surface area contributed by atoms with Crippen LogP contribution in [0.1, 0.15) is 69.8 Å². The van der Waals surface area contributed by atoms with Crippen LogP contribution in [0.2, 0.25) is 0 Å². The average Bonchev–Trinajstić information content (AvgIpc) is 3.38. The molecule has 1 aromatic carbocycles. The predicted octanol–water partition coefficient (Wildman–Crippen LogP) is 6.35. The molecule has 7 rings (SSSR count). The highest BCUT2D eigenvalue weighted by Gasteiger charge is 2.66. The highest BCUT2D eigenvalue weighted by molar-refractivity contribution is 5.80. The minimum Gasteiger partial charge on any atom is -0.359 e. The summed E-state index contributed by atoms with van der Waals surface area (Å²) in [6, 6.07) is 11.7. The lowest BCUT2D eigenvalue weighted by Crippen LogP contribution is -2.55. The van der Waals surface area contributed by atoms with Crippen LogP contribution >= 0.6 is 0 Å². The molecular weight excluding hydrogens is 435 g/mol. The molecule has 4 heteroatoms. The molecule has 6 atom stereocenters. The van der Waals surface area contributed by atoms with E-state index in [1.165, 1.54) is 29.6 Å². The summed E-state index contributed by atoms with van der Waals surface area (Å²) < 4.78 is 20.5. The minimum absolute atomic E-state index is 0.143. The standard InChI is InChI=1S/C31H35FN2O/c1-29-11-9-25-18-24-5-6-26(34(2)16-14-32)19-30(24)12-13-31(25,35-30)28(29)8-7-27(29)22-4-3-21-10-15-33-20-23(21)17-22/h9-10,15,17-18,20,26-28H,5-8,11-14,16,19H2,1-2H3/t26-,27?,28-,29?,30-,31-/m1/s1. The van der Waals surface area contributed by atoms with Gasteiger partial charge in [0.2, 0.25) is 0 Å². The van der Waals surface area contributed by atoms with Gasteiger partial charge in [-0.1, -0.05) is 31.2 Å². The molecule has 2 unspecified atom stereocenters. The number of nitrogens with zero attached hydrogens (tertiary/aromatic N) is 2. The Morgan fingerprint density at radius 1 is 1.23 bits per heavy atom. The number of pyridine rings is 1. The number of aromatic nitrogens is 1. The first-order valence-corrected chi connectivity index (χ1v) is 13.5. The molecule has 3 fully saturated rings. The van der Waals surface area contributed by atoms with Gasteiger partial charge >= 0.3 is 0 Å². The van der Waals surface area contributed by atoms with Crippen molar-refractivity contribution >= 4 is 10.8 Å². The molecule has 1 saturated heterocycles. The van der Waals surface area contributed by atoms with Crippen molar-refractivity contribution in [2.24, 2.45) is 11.3 Å². The van der Waals surface area contributed by atoms with Gasteiger partial charge < -0.3 is 9.64 Å². The fourth-order valence-corrected chi connectivity index (χ4v) is 8.75. The molecule has 0 N–H and O–H groups in total. The summed E-state index contributed by atoms with van der Waals surface area (Å²) in [5.41, 5.74) is 4.10. The second kappa shape index (κ2) is 7.64. The lowest BCUT2D eigenvalue weighted by atomic mass is 9.58. The zero-order chi connectivity index (χ0) is 23.8. The largest absolute Gasteiger partial charge is 0.359 e. The normalized spacial score (nSPS) is 39.5. The smallest absolute Gasteiger partial charge is 0.102 e. The minimum atomic E-state index is -0.276. The molecule has 182 valence electrons. The van der Waals surface area contributed by atoms with Crippen molar-refractivity contribution in [3.8, 4) is 0 Å². The number of rotatable bonds is 4. The number of ether oxygens (including phenoxy) is 1. The Hall–Kier alpha value is -2.22. The number of hydrogen-bond acceptors (Lipinski definition) is 3. The number of fused-ring (bicyclic) bond motifs is 2. The Morgan fingerprint density at radius 3 is 3.03 bits per heavy atom. The molecule has 3 heterocycles. The molecule has 2 aromatic rings. The highest BCUT2D eigenvalue weighted by atomic mass is 19.1. The topological polar surface area (TPSA) is 25.4 Å². The molecular formula is C31H35FN2O. The van der Waals surface area contributed by atoms with Crippen molar-refractivity contribution in [2.75, 3.05) is 20.3 Å². The van der Waals surface area contributed by atoms with E-state index in [0.717, 1.165) is 49.3 Å². The van der Waals surface area contributed by atoms with Gasteiger partial charge in [0.05, 0.1) is 11.2 Å². The van der Waals surface area contributed by atoms with E-state index in [-0.39, 0.29) is 23.3 Å². The third-order valence-corrected chi connectivity index (χ3v) is 10.6. The summed E-state index contributed by atoms with van der Waals surface area (Å²) in [5, 5.41) is 2.24. The van der Waals surface area contributed by atoms with Gasteiger partial charge in [-0.15, -0.1) is 0 Å². The molecule has 2 aliphatic heterocycles. The molecule has 0 radical (unpaired) electrons. The van der Waals surface area contributed by atoms with E-state index in [0.29, 0.717) is 24.4 Å². The Labute approximate surface area is 208 Å². The molecule has 3 nitrogen and oxygen atoms in total. The summed E-state index contributed by atoms with van der Waals surface area (Å²) in [5.74, 6) is 0.972. The zero-order valence-corrected chi connectivity index (χ0v) is 20.9. The lowest BCUT2D eigenvalue weighted by Gasteiger charge is -2.54. The van der Waals surface area contributed by atoms with Crippen molar-refractivity contribution in [3.05, 3.63) is 65.5 Å². The Balaban J connectivity index is 1.24. The molecule has 0 amide bonds. The van der Waals surface area contributed by atoms with Crippen LogP contribution < -0.4 is 0 Å². The van der Waals surface area contributed by atoms with Gasteiger partial charge in [-0.3, -0.25) is 4.98 Å². The van der Waals surface area contributed by atoms with Crippen molar-refractivity contribution in [2.45, 2.75) is 81.5 Å². The van der Waals surface area contributed by atoms with E-state index < -0.39 is 0 Å². The van der Waals surface area contributed by atoms with E-state index in [4.69, 9.17) is 4.74 Å². The van der Waals surface area contributed by atoms with Crippen molar-refractivity contribution in [3.63, 3.8) is 0 Å². The average molecular weight is 471 g/mol. The van der Waals surface area contributed by atoms with Crippen LogP contribution in [-0.2, 0) is 4.74 Å². The van der Waals surface area contributed by atoms with Crippen molar-refractivity contribution in [1.29, 1.82) is 0 Å². The summed E-state index contributed by atoms with van der Waals surface area (Å²) in [4.78, 5) is 6.56. The fraction of sp³-hybridized carbons (Fsp3) is 0.581. The van der Waals surface area contributed by atoms with Crippen LogP contribution in [0.15, 0.2) is 47.8 Å². The third-order valence-electron chi connectivity index (χ3n) is 10.6. The van der Waals surface area contributed by atoms with Crippen LogP contribution in [0.5, 0.6) is 0 Å². The first-order valence-electron chi connectivity index (χ1n) is 13.5. The molecule has 1 aromatic heterocycles. The van der Waals surface area contributed by atoms with Crippen molar-refractivity contribution in [1.82, 2.24) is 9.88 Å². The predicted molar refractivity (Wildman–Crippen MR) is 136 cm³/mol. The Bertz CT molecular complexity index is 1240. The van der Waals surface area contributed by atoms with Crippen molar-refractivity contribution < 1.29 is 9.13 Å².